The normalized spacial score (nSPS) is 8.92. The van der Waals surface area contributed by atoms with Crippen LogP contribution >= 0.6 is 27.5 Å². The summed E-state index contributed by atoms with van der Waals surface area (Å²) in [5.74, 6) is 6.20. The minimum Gasteiger partial charge on any atom is -0.113 e. The van der Waals surface area contributed by atoms with Crippen LogP contribution in [0, 0.1) is 18.8 Å². The van der Waals surface area contributed by atoms with E-state index in [0.29, 0.717) is 5.88 Å². The summed E-state index contributed by atoms with van der Waals surface area (Å²) >= 11 is 8.90. The Morgan fingerprint density at radius 2 is 2.25 bits per heavy atom. The molecule has 0 nitrogen and oxygen atoms in total. The van der Waals surface area contributed by atoms with Gasteiger partial charge in [-0.3, -0.25) is 0 Å². The van der Waals surface area contributed by atoms with Crippen LogP contribution in [0.5, 0.6) is 0 Å². The fraction of sp³-hybridized carbons (Fsp3) is 0.200. The molecule has 0 radical (unpaired) electrons. The molecule has 0 aliphatic carbocycles. The highest BCUT2D eigenvalue weighted by atomic mass is 79.9. The van der Waals surface area contributed by atoms with E-state index < -0.39 is 0 Å². The van der Waals surface area contributed by atoms with Crippen molar-refractivity contribution >= 4 is 27.5 Å². The van der Waals surface area contributed by atoms with Gasteiger partial charge in [0.05, 0.1) is 5.88 Å². The number of hydrogen-bond acceptors (Lipinski definition) is 0. The highest BCUT2D eigenvalue weighted by Gasteiger charge is 1.96. The van der Waals surface area contributed by atoms with Crippen molar-refractivity contribution in [2.45, 2.75) is 6.92 Å². The Labute approximate surface area is 86.1 Å². The van der Waals surface area contributed by atoms with Crippen molar-refractivity contribution in [2.75, 3.05) is 5.88 Å². The summed E-state index contributed by atoms with van der Waals surface area (Å²) in [7, 11) is 0. The summed E-state index contributed by atoms with van der Waals surface area (Å²) in [4.78, 5) is 0. The van der Waals surface area contributed by atoms with Crippen molar-refractivity contribution in [3.05, 3.63) is 33.8 Å². The number of alkyl halides is 1. The monoisotopic (exact) mass is 242 g/mol. The number of halogens is 2. The molecule has 0 amide bonds. The van der Waals surface area contributed by atoms with Crippen molar-refractivity contribution in [1.29, 1.82) is 0 Å². The lowest BCUT2D eigenvalue weighted by Crippen LogP contribution is -1.82. The van der Waals surface area contributed by atoms with Crippen molar-refractivity contribution < 1.29 is 0 Å². The van der Waals surface area contributed by atoms with Gasteiger partial charge in [0.25, 0.3) is 0 Å². The van der Waals surface area contributed by atoms with Gasteiger partial charge < -0.3 is 0 Å². The summed E-state index contributed by atoms with van der Waals surface area (Å²) in [5.41, 5.74) is 2.19. The average Bonchev–Trinajstić information content (AvgIpc) is 2.08. The van der Waals surface area contributed by atoms with Gasteiger partial charge in [0.15, 0.2) is 0 Å². The van der Waals surface area contributed by atoms with Crippen LogP contribution in [-0.2, 0) is 0 Å². The first-order valence-corrected chi connectivity index (χ1v) is 4.88. The van der Waals surface area contributed by atoms with E-state index in [0.717, 1.165) is 15.6 Å². The summed E-state index contributed by atoms with van der Waals surface area (Å²) in [6.07, 6.45) is 0. The van der Waals surface area contributed by atoms with E-state index in [-0.39, 0.29) is 0 Å². The fourth-order valence-electron chi connectivity index (χ4n) is 0.872. The van der Waals surface area contributed by atoms with Gasteiger partial charge in [0.1, 0.15) is 0 Å². The molecule has 0 aromatic heterocycles. The van der Waals surface area contributed by atoms with Crippen molar-refractivity contribution in [3.63, 3.8) is 0 Å². The third-order valence-electron chi connectivity index (χ3n) is 1.56. The van der Waals surface area contributed by atoms with Crippen LogP contribution in [0.2, 0.25) is 0 Å². The van der Waals surface area contributed by atoms with E-state index in [1.807, 2.05) is 25.1 Å². The van der Waals surface area contributed by atoms with Crippen LogP contribution in [0.15, 0.2) is 22.7 Å². The van der Waals surface area contributed by atoms with Crippen LogP contribution in [-0.4, -0.2) is 5.88 Å². The van der Waals surface area contributed by atoms with E-state index >= 15 is 0 Å². The van der Waals surface area contributed by atoms with Gasteiger partial charge in [-0.1, -0.05) is 33.8 Å². The maximum Gasteiger partial charge on any atom is 0.0839 e. The highest BCUT2D eigenvalue weighted by molar-refractivity contribution is 9.10. The lowest BCUT2D eigenvalue weighted by molar-refractivity contribution is 1.40. The molecule has 62 valence electrons. The first-order chi connectivity index (χ1) is 5.75. The van der Waals surface area contributed by atoms with E-state index in [4.69, 9.17) is 11.6 Å². The molecule has 1 aromatic rings. The summed E-state index contributed by atoms with van der Waals surface area (Å²) in [5, 5.41) is 0. The zero-order chi connectivity index (χ0) is 8.97. The molecule has 0 unspecified atom stereocenters. The first kappa shape index (κ1) is 9.64. The topological polar surface area (TPSA) is 0 Å². The molecule has 0 saturated heterocycles. The molecule has 0 bridgehead atoms. The molecule has 1 aromatic carbocycles. The quantitative estimate of drug-likeness (QED) is 0.484. The predicted molar refractivity (Wildman–Crippen MR) is 56.5 cm³/mol. The summed E-state index contributed by atoms with van der Waals surface area (Å²) < 4.78 is 1.09. The summed E-state index contributed by atoms with van der Waals surface area (Å²) in [6.45, 7) is 2.03. The Morgan fingerprint density at radius 1 is 1.50 bits per heavy atom. The molecule has 12 heavy (non-hydrogen) atoms. The van der Waals surface area contributed by atoms with Gasteiger partial charge >= 0.3 is 0 Å². The van der Waals surface area contributed by atoms with E-state index in [9.17, 15) is 0 Å². The molecule has 2 heteroatoms. The Kier molecular flexibility index (Phi) is 3.65. The second-order valence-corrected chi connectivity index (χ2v) is 3.47. The standard InChI is InChI=1S/C10H8BrCl/c1-8-9(5-3-7-12)4-2-6-10(8)11/h2,4,6H,7H2,1H3. The minimum absolute atomic E-state index is 0.381. The Balaban J connectivity index is 3.08. The molecular formula is C10H8BrCl. The van der Waals surface area contributed by atoms with Gasteiger partial charge in [-0.15, -0.1) is 11.6 Å². The largest absolute Gasteiger partial charge is 0.113 e. The average molecular weight is 244 g/mol. The van der Waals surface area contributed by atoms with Gasteiger partial charge in [-0.25, -0.2) is 0 Å². The fourth-order valence-corrected chi connectivity index (χ4v) is 1.30. The van der Waals surface area contributed by atoms with Gasteiger partial charge in [-0.05, 0) is 24.6 Å². The zero-order valence-electron chi connectivity index (χ0n) is 6.70. The Hall–Kier alpha value is -0.450. The molecule has 0 N–H and O–H groups in total. The molecular weight excluding hydrogens is 235 g/mol. The number of rotatable bonds is 0. The molecule has 0 aliphatic rings. The lowest BCUT2D eigenvalue weighted by atomic mass is 10.1. The molecule has 0 saturated carbocycles. The smallest absolute Gasteiger partial charge is 0.0839 e. The van der Waals surface area contributed by atoms with Crippen LogP contribution < -0.4 is 0 Å². The van der Waals surface area contributed by atoms with E-state index in [1.165, 1.54) is 0 Å². The van der Waals surface area contributed by atoms with E-state index in [2.05, 4.69) is 27.8 Å². The van der Waals surface area contributed by atoms with Crippen molar-refractivity contribution in [1.82, 2.24) is 0 Å². The van der Waals surface area contributed by atoms with Crippen molar-refractivity contribution in [2.24, 2.45) is 0 Å². The van der Waals surface area contributed by atoms with Crippen LogP contribution in [0.3, 0.4) is 0 Å². The van der Waals surface area contributed by atoms with Crippen LogP contribution in [0.25, 0.3) is 0 Å². The molecule has 0 spiro atoms. The van der Waals surface area contributed by atoms with E-state index in [1.54, 1.807) is 0 Å². The highest BCUT2D eigenvalue weighted by Crippen LogP contribution is 2.18. The lowest BCUT2D eigenvalue weighted by Gasteiger charge is -1.99. The molecule has 0 aliphatic heterocycles. The van der Waals surface area contributed by atoms with Crippen LogP contribution in [0.4, 0.5) is 0 Å². The Morgan fingerprint density at radius 3 is 2.92 bits per heavy atom. The van der Waals surface area contributed by atoms with Gasteiger partial charge in [0, 0.05) is 10.0 Å². The first-order valence-electron chi connectivity index (χ1n) is 3.55. The second-order valence-electron chi connectivity index (χ2n) is 2.35. The molecule has 0 fully saturated rings. The molecule has 0 heterocycles. The van der Waals surface area contributed by atoms with Crippen molar-refractivity contribution in [3.8, 4) is 11.8 Å². The SMILES string of the molecule is Cc1c(Br)cccc1C#CCCl. The Bertz CT molecular complexity index is 333. The summed E-state index contributed by atoms with van der Waals surface area (Å²) in [6, 6.07) is 5.95. The van der Waals surface area contributed by atoms with Crippen LogP contribution in [0.1, 0.15) is 11.1 Å². The number of hydrogen-bond donors (Lipinski definition) is 0. The molecule has 0 atom stereocenters. The van der Waals surface area contributed by atoms with Gasteiger partial charge in [0.2, 0.25) is 0 Å². The zero-order valence-corrected chi connectivity index (χ0v) is 9.04. The minimum atomic E-state index is 0.381. The number of benzene rings is 1. The van der Waals surface area contributed by atoms with Gasteiger partial charge in [-0.2, -0.15) is 0 Å². The maximum absolute atomic E-state index is 5.46. The predicted octanol–water partition coefficient (Wildman–Crippen LogP) is 3.35. The third-order valence-corrected chi connectivity index (χ3v) is 2.55. The maximum atomic E-state index is 5.46. The third kappa shape index (κ3) is 2.27. The second kappa shape index (κ2) is 4.54. The molecule has 1 rings (SSSR count).